The van der Waals surface area contributed by atoms with Gasteiger partial charge in [-0.1, -0.05) is 6.07 Å². The molecule has 0 fully saturated rings. The number of H-pyrrole nitrogens is 2. The molecule has 2 aromatic carbocycles. The number of hydrogen-bond donors (Lipinski definition) is 2. The average Bonchev–Trinajstić information content (AvgIpc) is 3.51. The third kappa shape index (κ3) is 4.30. The zero-order valence-corrected chi connectivity index (χ0v) is 20.6. The molecule has 4 aromatic heterocycles. The van der Waals surface area contributed by atoms with Crippen molar-refractivity contribution in [3.05, 3.63) is 78.5 Å². The zero-order valence-electron chi connectivity index (χ0n) is 20.6. The van der Waals surface area contributed by atoms with Gasteiger partial charge in [-0.25, -0.2) is 14.4 Å². The van der Waals surface area contributed by atoms with E-state index < -0.39 is 0 Å². The maximum atomic E-state index is 14.2. The van der Waals surface area contributed by atoms with Crippen molar-refractivity contribution in [2.45, 2.75) is 6.54 Å². The van der Waals surface area contributed by atoms with E-state index >= 15 is 0 Å². The van der Waals surface area contributed by atoms with Crippen LogP contribution in [-0.2, 0) is 6.54 Å². The summed E-state index contributed by atoms with van der Waals surface area (Å²) >= 11 is 0. The first-order valence-electron chi connectivity index (χ1n) is 11.8. The maximum absolute atomic E-state index is 14.2. The Morgan fingerprint density at radius 3 is 2.70 bits per heavy atom. The molecule has 0 saturated heterocycles. The Kier molecular flexibility index (Phi) is 5.61. The van der Waals surface area contributed by atoms with Gasteiger partial charge in [0.25, 0.3) is 0 Å². The highest BCUT2D eigenvalue weighted by Crippen LogP contribution is 2.34. The quantitative estimate of drug-likeness (QED) is 0.321. The van der Waals surface area contributed by atoms with E-state index in [0.29, 0.717) is 34.0 Å². The Bertz CT molecular complexity index is 1760. The normalized spacial score (nSPS) is 11.6. The Labute approximate surface area is 212 Å². The van der Waals surface area contributed by atoms with Crippen molar-refractivity contribution in [1.82, 2.24) is 35.0 Å². The summed E-state index contributed by atoms with van der Waals surface area (Å²) in [5, 5.41) is 8.56. The largest absolute Gasteiger partial charge is 0.497 e. The van der Waals surface area contributed by atoms with Crippen LogP contribution in [0.4, 0.5) is 4.39 Å². The molecule has 0 aliphatic rings. The number of methoxy groups -OCH3 is 1. The third-order valence-electron chi connectivity index (χ3n) is 6.22. The molecule has 0 atom stereocenters. The molecule has 8 nitrogen and oxygen atoms in total. The predicted octanol–water partition coefficient (Wildman–Crippen LogP) is 5.44. The van der Waals surface area contributed by atoms with E-state index in [1.165, 1.54) is 19.2 Å². The molecular weight excluding hydrogens is 469 g/mol. The number of nitrogens with zero attached hydrogens (tertiary/aromatic N) is 5. The SMILES string of the molecule is COc1cc(F)cc(-c2ccnc3nc(-c4n[nH]c5ccc(-c6cncc(CN(C)C)c6)cc45)[nH]c23)c1. The predicted molar refractivity (Wildman–Crippen MR) is 142 cm³/mol. The first-order valence-corrected chi connectivity index (χ1v) is 11.8. The van der Waals surface area contributed by atoms with Crippen LogP contribution in [0.25, 0.3) is 55.8 Å². The molecule has 0 aliphatic heterocycles. The number of imidazole rings is 1. The van der Waals surface area contributed by atoms with Gasteiger partial charge in [0.1, 0.15) is 17.3 Å². The van der Waals surface area contributed by atoms with Crippen LogP contribution in [0.1, 0.15) is 5.56 Å². The molecule has 0 saturated carbocycles. The fourth-order valence-electron chi connectivity index (χ4n) is 4.57. The molecule has 9 heteroatoms. The number of ether oxygens (including phenoxy) is 1. The van der Waals surface area contributed by atoms with Crippen LogP contribution in [0.2, 0.25) is 0 Å². The van der Waals surface area contributed by atoms with E-state index in [1.54, 1.807) is 12.3 Å². The van der Waals surface area contributed by atoms with Gasteiger partial charge in [-0.2, -0.15) is 5.10 Å². The van der Waals surface area contributed by atoms with Crippen LogP contribution in [-0.4, -0.2) is 56.2 Å². The summed E-state index contributed by atoms with van der Waals surface area (Å²) in [7, 11) is 5.59. The molecule has 0 bridgehead atoms. The van der Waals surface area contributed by atoms with Gasteiger partial charge in [-0.15, -0.1) is 0 Å². The maximum Gasteiger partial charge on any atom is 0.178 e. The number of aromatic nitrogens is 6. The van der Waals surface area contributed by atoms with E-state index in [4.69, 9.17) is 9.72 Å². The van der Waals surface area contributed by atoms with Gasteiger partial charge in [0, 0.05) is 47.7 Å². The van der Waals surface area contributed by atoms with E-state index in [2.05, 4.69) is 48.2 Å². The van der Waals surface area contributed by atoms with Crippen molar-refractivity contribution in [2.75, 3.05) is 21.2 Å². The smallest absolute Gasteiger partial charge is 0.178 e. The number of nitrogens with one attached hydrogen (secondary N) is 2. The van der Waals surface area contributed by atoms with Crippen molar-refractivity contribution >= 4 is 22.1 Å². The van der Waals surface area contributed by atoms with Gasteiger partial charge in [-0.05, 0) is 67.2 Å². The Morgan fingerprint density at radius 1 is 0.973 bits per heavy atom. The number of rotatable bonds is 6. The lowest BCUT2D eigenvalue weighted by atomic mass is 10.0. The number of benzene rings is 2. The summed E-state index contributed by atoms with van der Waals surface area (Å²) in [5.41, 5.74) is 7.41. The highest BCUT2D eigenvalue weighted by atomic mass is 19.1. The molecule has 0 aliphatic carbocycles. The Morgan fingerprint density at radius 2 is 1.86 bits per heavy atom. The number of halogens is 1. The fraction of sp³-hybridized carbons (Fsp3) is 0.143. The van der Waals surface area contributed by atoms with Crippen molar-refractivity contribution in [3.63, 3.8) is 0 Å². The Hall–Kier alpha value is -4.63. The van der Waals surface area contributed by atoms with Gasteiger partial charge in [0.15, 0.2) is 11.5 Å². The summed E-state index contributed by atoms with van der Waals surface area (Å²) < 4.78 is 19.5. The van der Waals surface area contributed by atoms with Crippen molar-refractivity contribution in [2.24, 2.45) is 0 Å². The van der Waals surface area contributed by atoms with Gasteiger partial charge in [-0.3, -0.25) is 10.1 Å². The van der Waals surface area contributed by atoms with Gasteiger partial charge in [0.05, 0.1) is 18.1 Å². The van der Waals surface area contributed by atoms with Crippen LogP contribution in [0.15, 0.2) is 67.1 Å². The monoisotopic (exact) mass is 493 g/mol. The summed E-state index contributed by atoms with van der Waals surface area (Å²) in [5.74, 6) is 0.630. The molecule has 0 unspecified atom stereocenters. The van der Waals surface area contributed by atoms with E-state index in [-0.39, 0.29) is 5.82 Å². The molecule has 0 radical (unpaired) electrons. The summed E-state index contributed by atoms with van der Waals surface area (Å²) in [6, 6.07) is 14.7. The highest BCUT2D eigenvalue weighted by Gasteiger charge is 2.17. The highest BCUT2D eigenvalue weighted by molar-refractivity contribution is 5.97. The van der Waals surface area contributed by atoms with Crippen molar-refractivity contribution in [1.29, 1.82) is 0 Å². The lowest BCUT2D eigenvalue weighted by Crippen LogP contribution is -2.10. The standard InChI is InChI=1S/C28H24FN7O/c1-36(2)15-16-8-19(14-30-13-16)17-4-5-24-23(11-17)26(35-34-24)28-32-25-22(6-7-31-27(25)33-28)18-9-20(29)12-21(10-18)37-3/h4-14H,15H2,1-3H3,(H,34,35)(H,31,32,33). The van der Waals surface area contributed by atoms with Crippen LogP contribution in [0.3, 0.4) is 0 Å². The zero-order chi connectivity index (χ0) is 25.5. The Balaban J connectivity index is 1.45. The third-order valence-corrected chi connectivity index (χ3v) is 6.22. The second kappa shape index (κ2) is 9.11. The topological polar surface area (TPSA) is 95.6 Å². The molecule has 37 heavy (non-hydrogen) atoms. The van der Waals surface area contributed by atoms with Gasteiger partial charge < -0.3 is 14.6 Å². The van der Waals surface area contributed by atoms with E-state index in [9.17, 15) is 4.39 Å². The minimum Gasteiger partial charge on any atom is -0.497 e. The number of aromatic amines is 2. The minimum absolute atomic E-state index is 0.381. The van der Waals surface area contributed by atoms with Crippen LogP contribution < -0.4 is 4.74 Å². The van der Waals surface area contributed by atoms with Crippen molar-refractivity contribution in [3.8, 4) is 39.5 Å². The first kappa shape index (κ1) is 22.8. The van der Waals surface area contributed by atoms with Crippen LogP contribution in [0, 0.1) is 5.82 Å². The van der Waals surface area contributed by atoms with E-state index in [0.717, 1.165) is 39.7 Å². The molecule has 0 amide bonds. The first-order chi connectivity index (χ1) is 18.0. The van der Waals surface area contributed by atoms with E-state index in [1.807, 2.05) is 38.6 Å². The molecule has 4 heterocycles. The van der Waals surface area contributed by atoms with Gasteiger partial charge >= 0.3 is 0 Å². The van der Waals surface area contributed by atoms with Crippen molar-refractivity contribution < 1.29 is 9.13 Å². The molecular formula is C28H24FN7O. The molecule has 2 N–H and O–H groups in total. The number of pyridine rings is 2. The fourth-order valence-corrected chi connectivity index (χ4v) is 4.57. The second-order valence-electron chi connectivity index (χ2n) is 9.17. The number of fused-ring (bicyclic) bond motifs is 2. The van der Waals surface area contributed by atoms with Gasteiger partial charge in [0.2, 0.25) is 0 Å². The van der Waals surface area contributed by atoms with Crippen LogP contribution >= 0.6 is 0 Å². The average molecular weight is 494 g/mol. The lowest BCUT2D eigenvalue weighted by molar-refractivity contribution is 0.402. The van der Waals surface area contributed by atoms with Crippen LogP contribution in [0.5, 0.6) is 5.75 Å². The summed E-state index contributed by atoms with van der Waals surface area (Å²) in [6.45, 7) is 0.811. The lowest BCUT2D eigenvalue weighted by Gasteiger charge is -2.10. The summed E-state index contributed by atoms with van der Waals surface area (Å²) in [4.78, 5) is 19.1. The second-order valence-corrected chi connectivity index (χ2v) is 9.17. The molecule has 184 valence electrons. The number of hydrogen-bond acceptors (Lipinski definition) is 6. The molecule has 6 rings (SSSR count). The summed E-state index contributed by atoms with van der Waals surface area (Å²) in [6.07, 6.45) is 5.41. The minimum atomic E-state index is -0.381. The molecule has 0 spiro atoms. The molecule has 6 aromatic rings.